The van der Waals surface area contributed by atoms with Gasteiger partial charge in [-0.1, -0.05) is 44.5 Å². The largest absolute Gasteiger partial charge is 0.355 e. The third-order valence-electron chi connectivity index (χ3n) is 6.36. The molecule has 3 N–H and O–H groups in total. The van der Waals surface area contributed by atoms with Gasteiger partial charge in [-0.2, -0.15) is 0 Å². The van der Waals surface area contributed by atoms with E-state index in [4.69, 9.17) is 5.73 Å². The van der Waals surface area contributed by atoms with E-state index >= 15 is 0 Å². The number of carbonyl (C=O) groups excluding carboxylic acids is 1. The predicted molar refractivity (Wildman–Crippen MR) is 106 cm³/mol. The lowest BCUT2D eigenvalue weighted by atomic mass is 9.65. The van der Waals surface area contributed by atoms with Crippen molar-refractivity contribution in [3.63, 3.8) is 0 Å². The first kappa shape index (κ1) is 20.3. The Bertz CT molecular complexity index is 587. The number of fused-ring (bicyclic) bond motifs is 2. The third kappa shape index (κ3) is 4.38. The molecule has 2 aliphatic rings. The van der Waals surface area contributed by atoms with Crippen LogP contribution < -0.4 is 11.1 Å². The second kappa shape index (κ2) is 8.09. The van der Waals surface area contributed by atoms with Crippen LogP contribution in [0.3, 0.4) is 0 Å². The predicted octanol–water partition coefficient (Wildman–Crippen LogP) is 3.96. The van der Waals surface area contributed by atoms with Gasteiger partial charge in [-0.3, -0.25) is 4.79 Å². The van der Waals surface area contributed by atoms with E-state index in [2.05, 4.69) is 50.4 Å². The highest BCUT2D eigenvalue weighted by molar-refractivity contribution is 5.85. The van der Waals surface area contributed by atoms with Crippen LogP contribution in [0.2, 0.25) is 0 Å². The molecule has 2 aliphatic carbocycles. The van der Waals surface area contributed by atoms with Crippen LogP contribution in [0.15, 0.2) is 24.3 Å². The molecule has 0 heterocycles. The minimum absolute atomic E-state index is 0. The van der Waals surface area contributed by atoms with Crippen molar-refractivity contribution in [1.29, 1.82) is 0 Å². The summed E-state index contributed by atoms with van der Waals surface area (Å²) in [5, 5.41) is 3.24. The van der Waals surface area contributed by atoms with E-state index in [1.165, 1.54) is 30.4 Å². The molecule has 3 rings (SSSR count). The fraction of sp³-hybridized carbons (Fsp3) is 0.667. The average Bonchev–Trinajstić information content (AvgIpc) is 2.52. The van der Waals surface area contributed by atoms with E-state index in [0.29, 0.717) is 24.4 Å². The molecule has 0 saturated heterocycles. The molecule has 1 amide bonds. The number of benzene rings is 1. The molecule has 2 bridgehead atoms. The molecule has 3 nitrogen and oxygen atoms in total. The van der Waals surface area contributed by atoms with Gasteiger partial charge in [-0.15, -0.1) is 12.4 Å². The Balaban J connectivity index is 0.00000225. The van der Waals surface area contributed by atoms with Gasteiger partial charge in [0.15, 0.2) is 0 Å². The molecule has 140 valence electrons. The Labute approximate surface area is 158 Å². The van der Waals surface area contributed by atoms with E-state index in [0.717, 1.165) is 12.8 Å². The molecular weight excluding hydrogens is 332 g/mol. The molecule has 25 heavy (non-hydrogen) atoms. The van der Waals surface area contributed by atoms with Crippen molar-refractivity contribution < 1.29 is 4.79 Å². The summed E-state index contributed by atoms with van der Waals surface area (Å²) in [6.45, 7) is 7.25. The standard InChI is InChI=1S/C21H32N2O.ClH/c1-14-7-4-5-10-18(14)21(2,3)13-23-20(24)17-11-15-8-6-9-16(12-17)19(15)22;/h4-5,7,10,15-17,19H,6,8-9,11-13,22H2,1-3H3,(H,23,24);1H. The van der Waals surface area contributed by atoms with E-state index in [1.54, 1.807) is 0 Å². The smallest absolute Gasteiger partial charge is 0.223 e. The molecule has 2 fully saturated rings. The molecule has 2 unspecified atom stereocenters. The average molecular weight is 365 g/mol. The summed E-state index contributed by atoms with van der Waals surface area (Å²) in [6.07, 6.45) is 5.66. The van der Waals surface area contributed by atoms with Crippen molar-refractivity contribution in [2.24, 2.45) is 23.5 Å². The normalized spacial score (nSPS) is 28.8. The number of carbonyl (C=O) groups is 1. The second-order valence-electron chi connectivity index (χ2n) is 8.61. The molecule has 0 aliphatic heterocycles. The highest BCUT2D eigenvalue weighted by atomic mass is 35.5. The van der Waals surface area contributed by atoms with Crippen LogP contribution in [0, 0.1) is 24.7 Å². The highest BCUT2D eigenvalue weighted by Crippen LogP contribution is 2.42. The van der Waals surface area contributed by atoms with Gasteiger partial charge in [0.1, 0.15) is 0 Å². The molecule has 4 heteroatoms. The molecule has 1 aromatic rings. The van der Waals surface area contributed by atoms with Crippen LogP contribution >= 0.6 is 12.4 Å². The molecule has 0 spiro atoms. The van der Waals surface area contributed by atoms with Gasteiger partial charge in [0.05, 0.1) is 0 Å². The van der Waals surface area contributed by atoms with Crippen LogP contribution in [0.25, 0.3) is 0 Å². The second-order valence-corrected chi connectivity index (χ2v) is 8.61. The Morgan fingerprint density at radius 2 is 1.80 bits per heavy atom. The number of hydrogen-bond acceptors (Lipinski definition) is 2. The zero-order valence-electron chi connectivity index (χ0n) is 15.8. The first-order valence-electron chi connectivity index (χ1n) is 9.48. The van der Waals surface area contributed by atoms with Gasteiger partial charge < -0.3 is 11.1 Å². The van der Waals surface area contributed by atoms with Gasteiger partial charge in [-0.25, -0.2) is 0 Å². The van der Waals surface area contributed by atoms with Crippen molar-refractivity contribution >= 4 is 18.3 Å². The molecule has 2 atom stereocenters. The molecule has 0 aromatic heterocycles. The van der Waals surface area contributed by atoms with Gasteiger partial charge >= 0.3 is 0 Å². The number of nitrogens with one attached hydrogen (secondary N) is 1. The first-order valence-corrected chi connectivity index (χ1v) is 9.48. The Morgan fingerprint density at radius 3 is 2.40 bits per heavy atom. The molecule has 1 aromatic carbocycles. The van der Waals surface area contributed by atoms with Crippen molar-refractivity contribution in [3.8, 4) is 0 Å². The maximum atomic E-state index is 12.7. The van der Waals surface area contributed by atoms with Gasteiger partial charge in [-0.05, 0) is 55.6 Å². The Hall–Kier alpha value is -1.06. The maximum absolute atomic E-state index is 12.7. The molecular formula is C21H33ClN2O. The topological polar surface area (TPSA) is 55.1 Å². The maximum Gasteiger partial charge on any atom is 0.223 e. The monoisotopic (exact) mass is 364 g/mol. The number of halogens is 1. The fourth-order valence-electron chi connectivity index (χ4n) is 4.88. The summed E-state index contributed by atoms with van der Waals surface area (Å²) in [4.78, 5) is 12.7. The van der Waals surface area contributed by atoms with Gasteiger partial charge in [0, 0.05) is 23.9 Å². The SMILES string of the molecule is Cc1ccccc1C(C)(C)CNC(=O)C1CC2CCCC(C1)C2N.Cl. The summed E-state index contributed by atoms with van der Waals surface area (Å²) in [5.74, 6) is 1.50. The Morgan fingerprint density at radius 1 is 1.20 bits per heavy atom. The van der Waals surface area contributed by atoms with E-state index in [9.17, 15) is 4.79 Å². The lowest BCUT2D eigenvalue weighted by molar-refractivity contribution is -0.128. The summed E-state index contributed by atoms with van der Waals surface area (Å²) < 4.78 is 0. The van der Waals surface area contributed by atoms with Gasteiger partial charge in [0.2, 0.25) is 5.91 Å². The van der Waals surface area contributed by atoms with Crippen LogP contribution in [-0.2, 0) is 10.2 Å². The summed E-state index contributed by atoms with van der Waals surface area (Å²) in [7, 11) is 0. The van der Waals surface area contributed by atoms with Gasteiger partial charge in [0.25, 0.3) is 0 Å². The summed E-state index contributed by atoms with van der Waals surface area (Å²) in [5.41, 5.74) is 8.90. The number of aryl methyl sites for hydroxylation is 1. The lowest BCUT2D eigenvalue weighted by Crippen LogP contribution is -2.50. The Kier molecular flexibility index (Phi) is 6.56. The lowest BCUT2D eigenvalue weighted by Gasteiger charge is -2.43. The minimum atomic E-state index is -0.0536. The quantitative estimate of drug-likeness (QED) is 0.849. The summed E-state index contributed by atoms with van der Waals surface area (Å²) in [6, 6.07) is 8.78. The summed E-state index contributed by atoms with van der Waals surface area (Å²) >= 11 is 0. The number of rotatable bonds is 4. The number of amides is 1. The van der Waals surface area contributed by atoms with E-state index in [1.807, 2.05) is 0 Å². The van der Waals surface area contributed by atoms with E-state index in [-0.39, 0.29) is 29.6 Å². The van der Waals surface area contributed by atoms with Crippen molar-refractivity contribution in [1.82, 2.24) is 5.32 Å². The van der Waals surface area contributed by atoms with Crippen molar-refractivity contribution in [3.05, 3.63) is 35.4 Å². The fourth-order valence-corrected chi connectivity index (χ4v) is 4.88. The first-order chi connectivity index (χ1) is 11.4. The van der Waals surface area contributed by atoms with Crippen LogP contribution in [0.1, 0.15) is 57.1 Å². The highest BCUT2D eigenvalue weighted by Gasteiger charge is 2.40. The number of hydrogen-bond donors (Lipinski definition) is 2. The van der Waals surface area contributed by atoms with Crippen LogP contribution in [0.5, 0.6) is 0 Å². The van der Waals surface area contributed by atoms with Crippen molar-refractivity contribution in [2.75, 3.05) is 6.54 Å². The van der Waals surface area contributed by atoms with Crippen molar-refractivity contribution in [2.45, 2.75) is 64.3 Å². The number of nitrogens with two attached hydrogens (primary N) is 1. The van der Waals surface area contributed by atoms with Crippen LogP contribution in [-0.4, -0.2) is 18.5 Å². The molecule has 2 saturated carbocycles. The van der Waals surface area contributed by atoms with E-state index < -0.39 is 0 Å². The zero-order chi connectivity index (χ0) is 17.3. The minimum Gasteiger partial charge on any atom is -0.355 e. The van der Waals surface area contributed by atoms with Crippen LogP contribution in [0.4, 0.5) is 0 Å². The molecule has 0 radical (unpaired) electrons. The third-order valence-corrected chi connectivity index (χ3v) is 6.36. The zero-order valence-corrected chi connectivity index (χ0v) is 16.6.